The van der Waals surface area contributed by atoms with Gasteiger partial charge in [-0.05, 0) is 43.7 Å². The van der Waals surface area contributed by atoms with Gasteiger partial charge in [0.25, 0.3) is 5.91 Å². The Kier molecular flexibility index (Phi) is 6.25. The lowest BCUT2D eigenvalue weighted by molar-refractivity contribution is -0.121. The third-order valence-corrected chi connectivity index (χ3v) is 3.78. The Hall–Kier alpha value is -2.73. The molecular weight excluding hydrogens is 342 g/mol. The Morgan fingerprint density at radius 1 is 1.32 bits per heavy atom. The maximum atomic E-state index is 12.1. The largest absolute Gasteiger partial charge is 0.503 e. The average molecular weight is 362 g/mol. The number of amides is 1. The molecule has 1 atom stereocenters. The molecule has 3 N–H and O–H groups in total. The highest BCUT2D eigenvalue weighted by Crippen LogP contribution is 2.34. The van der Waals surface area contributed by atoms with Gasteiger partial charge in [0, 0.05) is 5.69 Å². The van der Waals surface area contributed by atoms with E-state index < -0.39 is 6.04 Å². The molecule has 1 amide bonds. The van der Waals surface area contributed by atoms with Gasteiger partial charge in [0.15, 0.2) is 11.5 Å². The number of ether oxygens (including phenoxy) is 1. The molecule has 0 heterocycles. The van der Waals surface area contributed by atoms with E-state index in [-0.39, 0.29) is 22.4 Å². The van der Waals surface area contributed by atoms with Crippen LogP contribution >= 0.6 is 11.6 Å². The molecular formula is C18H20ClN3O3. The number of phenolic OH excluding ortho intramolecular Hbond substituents is 1. The number of aryl methyl sites for hydroxylation is 1. The van der Waals surface area contributed by atoms with Crippen LogP contribution in [0.25, 0.3) is 0 Å². The molecule has 0 aromatic heterocycles. The minimum atomic E-state index is -0.460. The van der Waals surface area contributed by atoms with Gasteiger partial charge < -0.3 is 15.2 Å². The summed E-state index contributed by atoms with van der Waals surface area (Å²) in [5.41, 5.74) is 5.04. The van der Waals surface area contributed by atoms with Gasteiger partial charge in [-0.1, -0.05) is 29.3 Å². The summed E-state index contributed by atoms with van der Waals surface area (Å²) in [5, 5.41) is 16.8. The van der Waals surface area contributed by atoms with Crippen molar-refractivity contribution in [2.24, 2.45) is 5.10 Å². The maximum Gasteiger partial charge on any atom is 0.262 e. The zero-order valence-electron chi connectivity index (χ0n) is 14.2. The average Bonchev–Trinajstić information content (AvgIpc) is 2.59. The first-order chi connectivity index (χ1) is 11.9. The van der Waals surface area contributed by atoms with E-state index >= 15 is 0 Å². The number of nitrogens with one attached hydrogen (secondary N) is 2. The predicted molar refractivity (Wildman–Crippen MR) is 99.7 cm³/mol. The number of hydrogen-bond acceptors (Lipinski definition) is 5. The normalized spacial score (nSPS) is 12.0. The van der Waals surface area contributed by atoms with Crippen LogP contribution in [0.5, 0.6) is 11.5 Å². The van der Waals surface area contributed by atoms with Crippen molar-refractivity contribution in [3.8, 4) is 11.5 Å². The van der Waals surface area contributed by atoms with Crippen LogP contribution in [0.3, 0.4) is 0 Å². The van der Waals surface area contributed by atoms with Gasteiger partial charge in [0.2, 0.25) is 0 Å². The minimum absolute atomic E-state index is 0.138. The molecule has 7 heteroatoms. The van der Waals surface area contributed by atoms with Crippen LogP contribution in [0.2, 0.25) is 5.02 Å². The fourth-order valence-corrected chi connectivity index (χ4v) is 2.28. The molecule has 0 aliphatic heterocycles. The molecule has 0 aliphatic carbocycles. The van der Waals surface area contributed by atoms with Crippen molar-refractivity contribution in [3.05, 3.63) is 52.5 Å². The number of anilines is 1. The van der Waals surface area contributed by atoms with Crippen LogP contribution in [0.15, 0.2) is 41.5 Å². The summed E-state index contributed by atoms with van der Waals surface area (Å²) in [4.78, 5) is 12.1. The minimum Gasteiger partial charge on any atom is -0.503 e. The van der Waals surface area contributed by atoms with Crippen LogP contribution in [0.1, 0.15) is 18.1 Å². The van der Waals surface area contributed by atoms with Crippen LogP contribution in [-0.4, -0.2) is 30.4 Å². The maximum absolute atomic E-state index is 12.1. The van der Waals surface area contributed by atoms with E-state index in [4.69, 9.17) is 16.3 Å². The molecule has 2 aromatic carbocycles. The number of phenols is 1. The number of hydrazone groups is 1. The summed E-state index contributed by atoms with van der Waals surface area (Å²) in [5.74, 6) is -0.190. The van der Waals surface area contributed by atoms with E-state index in [1.54, 1.807) is 13.0 Å². The topological polar surface area (TPSA) is 83.0 Å². The number of nitrogens with zero attached hydrogens (tertiary/aromatic N) is 1. The molecule has 25 heavy (non-hydrogen) atoms. The summed E-state index contributed by atoms with van der Waals surface area (Å²) in [7, 11) is 1.42. The van der Waals surface area contributed by atoms with Crippen LogP contribution in [0.4, 0.5) is 5.69 Å². The van der Waals surface area contributed by atoms with Crippen molar-refractivity contribution in [1.82, 2.24) is 5.43 Å². The molecule has 0 saturated carbocycles. The first-order valence-electron chi connectivity index (χ1n) is 7.63. The van der Waals surface area contributed by atoms with Gasteiger partial charge in [-0.3, -0.25) is 4.79 Å². The predicted octanol–water partition coefficient (Wildman–Crippen LogP) is 3.31. The number of halogens is 1. The standard InChI is InChI=1S/C18H20ClN3O3/c1-11-4-6-14(7-5-11)21-12(2)18(24)22-20-10-13-8-15(19)17(23)16(9-13)25-3/h4-10,12,21,23H,1-3H3,(H,22,24)/b20-10+. The Morgan fingerprint density at radius 3 is 2.64 bits per heavy atom. The molecule has 2 aromatic rings. The lowest BCUT2D eigenvalue weighted by Gasteiger charge is -2.13. The van der Waals surface area contributed by atoms with E-state index in [1.807, 2.05) is 31.2 Å². The molecule has 132 valence electrons. The molecule has 1 unspecified atom stereocenters. The van der Waals surface area contributed by atoms with Gasteiger partial charge in [-0.2, -0.15) is 5.10 Å². The number of hydrogen-bond donors (Lipinski definition) is 3. The summed E-state index contributed by atoms with van der Waals surface area (Å²) < 4.78 is 5.01. The second-order valence-electron chi connectivity index (χ2n) is 5.52. The van der Waals surface area contributed by atoms with Crippen molar-refractivity contribution in [2.45, 2.75) is 19.9 Å². The summed E-state index contributed by atoms with van der Waals surface area (Å²) in [6.45, 7) is 3.74. The second-order valence-corrected chi connectivity index (χ2v) is 5.93. The molecule has 2 rings (SSSR count). The van der Waals surface area contributed by atoms with Gasteiger partial charge >= 0.3 is 0 Å². The van der Waals surface area contributed by atoms with Crippen molar-refractivity contribution in [3.63, 3.8) is 0 Å². The SMILES string of the molecule is COc1cc(/C=N/NC(=O)C(C)Nc2ccc(C)cc2)cc(Cl)c1O. The highest BCUT2D eigenvalue weighted by Gasteiger charge is 2.12. The van der Waals surface area contributed by atoms with Gasteiger partial charge in [0.1, 0.15) is 6.04 Å². The van der Waals surface area contributed by atoms with Crippen molar-refractivity contribution in [2.75, 3.05) is 12.4 Å². The number of aromatic hydroxyl groups is 1. The Balaban J connectivity index is 1.95. The molecule has 0 saturated heterocycles. The first-order valence-corrected chi connectivity index (χ1v) is 8.01. The highest BCUT2D eigenvalue weighted by molar-refractivity contribution is 6.32. The van der Waals surface area contributed by atoms with Crippen molar-refractivity contribution >= 4 is 29.4 Å². The molecule has 0 aliphatic rings. The quantitative estimate of drug-likeness (QED) is 0.544. The Bertz CT molecular complexity index is 776. The number of benzene rings is 2. The van der Waals surface area contributed by atoms with E-state index in [2.05, 4.69) is 15.8 Å². The van der Waals surface area contributed by atoms with Crippen molar-refractivity contribution < 1.29 is 14.6 Å². The molecule has 6 nitrogen and oxygen atoms in total. The monoisotopic (exact) mass is 361 g/mol. The molecule has 0 radical (unpaired) electrons. The zero-order valence-corrected chi connectivity index (χ0v) is 15.0. The Labute approximate surface area is 151 Å². The molecule has 0 spiro atoms. The number of carbonyl (C=O) groups is 1. The smallest absolute Gasteiger partial charge is 0.262 e. The number of carbonyl (C=O) groups excluding carboxylic acids is 1. The summed E-state index contributed by atoms with van der Waals surface area (Å²) in [6, 6.07) is 10.4. The highest BCUT2D eigenvalue weighted by atomic mass is 35.5. The fraction of sp³-hybridized carbons (Fsp3) is 0.222. The summed E-state index contributed by atoms with van der Waals surface area (Å²) in [6.07, 6.45) is 1.42. The lowest BCUT2D eigenvalue weighted by Crippen LogP contribution is -2.34. The molecule has 0 bridgehead atoms. The zero-order chi connectivity index (χ0) is 18.4. The van der Waals surface area contributed by atoms with Gasteiger partial charge in [-0.25, -0.2) is 5.43 Å². The lowest BCUT2D eigenvalue weighted by atomic mass is 10.2. The van der Waals surface area contributed by atoms with Gasteiger partial charge in [-0.15, -0.1) is 0 Å². The molecule has 0 fully saturated rings. The number of rotatable bonds is 6. The van der Waals surface area contributed by atoms with E-state index in [1.165, 1.54) is 19.4 Å². The number of methoxy groups -OCH3 is 1. The Morgan fingerprint density at radius 2 is 2.00 bits per heavy atom. The summed E-state index contributed by atoms with van der Waals surface area (Å²) >= 11 is 5.90. The fourth-order valence-electron chi connectivity index (χ4n) is 2.06. The van der Waals surface area contributed by atoms with Gasteiger partial charge in [0.05, 0.1) is 18.3 Å². The van der Waals surface area contributed by atoms with E-state index in [0.29, 0.717) is 5.56 Å². The second kappa shape index (κ2) is 8.39. The van der Waals surface area contributed by atoms with Crippen LogP contribution in [-0.2, 0) is 4.79 Å². The third kappa shape index (κ3) is 5.12. The van der Waals surface area contributed by atoms with Crippen LogP contribution in [0, 0.1) is 6.92 Å². The third-order valence-electron chi connectivity index (χ3n) is 3.49. The van der Waals surface area contributed by atoms with E-state index in [0.717, 1.165) is 11.3 Å². The van der Waals surface area contributed by atoms with E-state index in [9.17, 15) is 9.90 Å². The van der Waals surface area contributed by atoms with Crippen molar-refractivity contribution in [1.29, 1.82) is 0 Å². The first kappa shape index (κ1) is 18.6. The van der Waals surface area contributed by atoms with Crippen LogP contribution < -0.4 is 15.5 Å².